The Kier molecular flexibility index (Phi) is 6.22. The summed E-state index contributed by atoms with van der Waals surface area (Å²) in [6.07, 6.45) is -4.93. The number of nitrogens with one attached hydrogen (secondary N) is 3. The standard InChI is InChI=1S/C26H23F4N5O3/c27-16-5-3-4-14(8-16)9-20(33-22(36)19-10-15(12-32-19)26(28,29)30)23(37)35-13-25(11-21(35)31)17-6-1-2-7-18(17)34-24(25)38/h1-8,10,12,20-21,32H,9,11,13,31H2,(H,33,36)(H,34,38)/t20-,21-,25-/m0/s1. The van der Waals surface area contributed by atoms with Crippen LogP contribution >= 0.6 is 0 Å². The number of carbonyl (C=O) groups excluding carboxylic acids is 3. The van der Waals surface area contributed by atoms with Crippen LogP contribution in [-0.2, 0) is 27.6 Å². The Labute approximate surface area is 214 Å². The topological polar surface area (TPSA) is 120 Å². The number of rotatable bonds is 5. The van der Waals surface area contributed by atoms with E-state index in [1.165, 1.54) is 23.1 Å². The highest BCUT2D eigenvalue weighted by molar-refractivity contribution is 6.07. The van der Waals surface area contributed by atoms with E-state index in [2.05, 4.69) is 15.6 Å². The van der Waals surface area contributed by atoms with Crippen LogP contribution in [-0.4, -0.2) is 46.4 Å². The van der Waals surface area contributed by atoms with Crippen molar-refractivity contribution in [2.45, 2.75) is 36.6 Å². The van der Waals surface area contributed by atoms with Crippen molar-refractivity contribution in [1.29, 1.82) is 0 Å². The van der Waals surface area contributed by atoms with Crippen LogP contribution in [0.2, 0.25) is 0 Å². The lowest BCUT2D eigenvalue weighted by Crippen LogP contribution is -2.53. The van der Waals surface area contributed by atoms with Crippen molar-refractivity contribution in [3.8, 4) is 0 Å². The third-order valence-corrected chi connectivity index (χ3v) is 6.99. The third-order valence-electron chi connectivity index (χ3n) is 6.99. The Morgan fingerprint density at radius 1 is 1.16 bits per heavy atom. The quantitative estimate of drug-likeness (QED) is 0.380. The Bertz CT molecular complexity index is 1420. The molecule has 2 aliphatic heterocycles. The molecule has 0 aliphatic carbocycles. The van der Waals surface area contributed by atoms with Crippen LogP contribution in [0.4, 0.5) is 23.2 Å². The molecule has 198 valence electrons. The average Bonchev–Trinajstić information content (AvgIpc) is 3.55. The molecule has 5 N–H and O–H groups in total. The number of benzene rings is 2. The Balaban J connectivity index is 1.43. The molecule has 1 saturated heterocycles. The van der Waals surface area contributed by atoms with Gasteiger partial charge < -0.3 is 26.3 Å². The second-order valence-electron chi connectivity index (χ2n) is 9.48. The molecule has 0 bridgehead atoms. The smallest absolute Gasteiger partial charge is 0.357 e. The van der Waals surface area contributed by atoms with Crippen LogP contribution in [0.15, 0.2) is 60.8 Å². The molecule has 12 heteroatoms. The molecule has 1 aromatic heterocycles. The zero-order valence-corrected chi connectivity index (χ0v) is 19.8. The van der Waals surface area contributed by atoms with Crippen LogP contribution in [0.25, 0.3) is 0 Å². The lowest BCUT2D eigenvalue weighted by Gasteiger charge is -2.28. The summed E-state index contributed by atoms with van der Waals surface area (Å²) in [5.74, 6) is -2.47. The number of aromatic nitrogens is 1. The van der Waals surface area contributed by atoms with Crippen molar-refractivity contribution >= 4 is 23.4 Å². The van der Waals surface area contributed by atoms with Gasteiger partial charge in [-0.05, 0) is 35.4 Å². The van der Waals surface area contributed by atoms with Gasteiger partial charge in [0.25, 0.3) is 5.91 Å². The van der Waals surface area contributed by atoms with Crippen LogP contribution < -0.4 is 16.4 Å². The Hall–Kier alpha value is -4.19. The maximum absolute atomic E-state index is 13.8. The van der Waals surface area contributed by atoms with E-state index in [0.29, 0.717) is 29.1 Å². The molecule has 2 aromatic carbocycles. The van der Waals surface area contributed by atoms with Gasteiger partial charge in [-0.1, -0.05) is 30.3 Å². The largest absolute Gasteiger partial charge is 0.417 e. The van der Waals surface area contributed by atoms with Gasteiger partial charge in [-0.15, -0.1) is 0 Å². The van der Waals surface area contributed by atoms with E-state index in [1.54, 1.807) is 30.3 Å². The molecule has 38 heavy (non-hydrogen) atoms. The number of likely N-dealkylation sites (tertiary alicyclic amines) is 1. The highest BCUT2D eigenvalue weighted by Crippen LogP contribution is 2.45. The molecule has 3 heterocycles. The predicted octanol–water partition coefficient (Wildman–Crippen LogP) is 2.92. The van der Waals surface area contributed by atoms with Crippen LogP contribution in [0.3, 0.4) is 0 Å². The summed E-state index contributed by atoms with van der Waals surface area (Å²) in [4.78, 5) is 43.2. The minimum Gasteiger partial charge on any atom is -0.357 e. The number of halogens is 4. The number of hydrogen-bond donors (Lipinski definition) is 4. The van der Waals surface area contributed by atoms with Gasteiger partial charge in [-0.25, -0.2) is 4.39 Å². The first-order chi connectivity index (χ1) is 18.0. The van der Waals surface area contributed by atoms with Gasteiger partial charge in [-0.3, -0.25) is 14.4 Å². The van der Waals surface area contributed by atoms with E-state index in [-0.39, 0.29) is 25.3 Å². The summed E-state index contributed by atoms with van der Waals surface area (Å²) in [5, 5.41) is 5.28. The van der Waals surface area contributed by atoms with Gasteiger partial charge in [0.05, 0.1) is 17.1 Å². The fourth-order valence-electron chi connectivity index (χ4n) is 5.14. The Morgan fingerprint density at radius 2 is 1.92 bits per heavy atom. The molecular formula is C26H23F4N5O3. The number of H-pyrrole nitrogens is 1. The van der Waals surface area contributed by atoms with Crippen molar-refractivity contribution in [3.63, 3.8) is 0 Å². The molecule has 0 saturated carbocycles. The molecular weight excluding hydrogens is 506 g/mol. The first kappa shape index (κ1) is 25.5. The highest BCUT2D eigenvalue weighted by Gasteiger charge is 2.55. The number of carbonyl (C=O) groups is 3. The molecule has 1 fully saturated rings. The number of anilines is 1. The molecule has 8 nitrogen and oxygen atoms in total. The van der Waals surface area contributed by atoms with Gasteiger partial charge in [0, 0.05) is 31.3 Å². The first-order valence-electron chi connectivity index (χ1n) is 11.8. The van der Waals surface area contributed by atoms with E-state index in [4.69, 9.17) is 5.73 Å². The third kappa shape index (κ3) is 4.51. The molecule has 0 unspecified atom stereocenters. The van der Waals surface area contributed by atoms with E-state index in [9.17, 15) is 31.9 Å². The maximum Gasteiger partial charge on any atom is 0.417 e. The number of nitrogens with zero attached hydrogens (tertiary/aromatic N) is 1. The summed E-state index contributed by atoms with van der Waals surface area (Å²) in [7, 11) is 0. The number of para-hydroxylation sites is 1. The lowest BCUT2D eigenvalue weighted by atomic mass is 9.80. The predicted molar refractivity (Wildman–Crippen MR) is 128 cm³/mol. The fraction of sp³-hybridized carbons (Fsp3) is 0.269. The number of hydrogen-bond acceptors (Lipinski definition) is 4. The minimum atomic E-state index is -4.67. The normalized spacial score (nSPS) is 21.3. The molecule has 3 atom stereocenters. The van der Waals surface area contributed by atoms with Crippen molar-refractivity contribution in [2.75, 3.05) is 11.9 Å². The van der Waals surface area contributed by atoms with Gasteiger partial charge >= 0.3 is 6.18 Å². The number of alkyl halides is 3. The molecule has 2 aliphatic rings. The summed E-state index contributed by atoms with van der Waals surface area (Å²) >= 11 is 0. The number of nitrogens with two attached hydrogens (primary N) is 1. The molecule has 3 amide bonds. The number of aromatic amines is 1. The molecule has 0 radical (unpaired) electrons. The number of amides is 3. The lowest BCUT2D eigenvalue weighted by molar-refractivity contribution is -0.137. The van der Waals surface area contributed by atoms with Gasteiger partial charge in [0.2, 0.25) is 11.8 Å². The van der Waals surface area contributed by atoms with E-state index < -0.39 is 52.7 Å². The summed E-state index contributed by atoms with van der Waals surface area (Å²) in [6.45, 7) is -0.0634. The zero-order chi connectivity index (χ0) is 27.2. The summed E-state index contributed by atoms with van der Waals surface area (Å²) in [5.41, 5.74) is 5.48. The summed E-state index contributed by atoms with van der Waals surface area (Å²) in [6, 6.07) is 11.8. The maximum atomic E-state index is 13.8. The van der Waals surface area contributed by atoms with E-state index in [1.807, 2.05) is 0 Å². The second kappa shape index (κ2) is 9.28. The van der Waals surface area contributed by atoms with Crippen molar-refractivity contribution in [3.05, 3.63) is 89.0 Å². The van der Waals surface area contributed by atoms with Gasteiger partial charge in [-0.2, -0.15) is 13.2 Å². The van der Waals surface area contributed by atoms with Gasteiger partial charge in [0.15, 0.2) is 0 Å². The fourth-order valence-corrected chi connectivity index (χ4v) is 5.14. The average molecular weight is 529 g/mol. The second-order valence-corrected chi connectivity index (χ2v) is 9.48. The van der Waals surface area contributed by atoms with E-state index >= 15 is 0 Å². The van der Waals surface area contributed by atoms with E-state index in [0.717, 1.165) is 0 Å². The SMILES string of the molecule is N[C@@H]1C[C@@]2(CN1C(=O)[C@H](Cc1cccc(F)c1)NC(=O)c1cc(C(F)(F)F)c[nH]1)C(=O)Nc1ccccc12. The first-order valence-corrected chi connectivity index (χ1v) is 11.8. The number of fused-ring (bicyclic) bond motifs is 2. The molecule has 5 rings (SSSR count). The molecule has 3 aromatic rings. The van der Waals surface area contributed by atoms with Crippen molar-refractivity contribution in [1.82, 2.24) is 15.2 Å². The van der Waals surface area contributed by atoms with Crippen LogP contribution in [0, 0.1) is 5.82 Å². The Morgan fingerprint density at radius 3 is 2.63 bits per heavy atom. The van der Waals surface area contributed by atoms with Crippen molar-refractivity contribution in [2.24, 2.45) is 5.73 Å². The van der Waals surface area contributed by atoms with Gasteiger partial charge in [0.1, 0.15) is 17.6 Å². The highest BCUT2D eigenvalue weighted by atomic mass is 19.4. The molecule has 1 spiro atoms. The monoisotopic (exact) mass is 529 g/mol. The van der Waals surface area contributed by atoms with Crippen LogP contribution in [0.1, 0.15) is 33.6 Å². The zero-order valence-electron chi connectivity index (χ0n) is 19.8. The minimum absolute atomic E-state index is 0.0634. The van der Waals surface area contributed by atoms with Crippen molar-refractivity contribution < 1.29 is 31.9 Å². The summed E-state index contributed by atoms with van der Waals surface area (Å²) < 4.78 is 52.9. The van der Waals surface area contributed by atoms with Crippen LogP contribution in [0.5, 0.6) is 0 Å².